The molecule has 30 heavy (non-hydrogen) atoms. The van der Waals surface area contributed by atoms with Crippen molar-refractivity contribution in [3.63, 3.8) is 0 Å². The first kappa shape index (κ1) is 20.7. The Kier molecular flexibility index (Phi) is 5.01. The minimum Gasteiger partial charge on any atom is -0.507 e. The zero-order chi connectivity index (χ0) is 21.7. The molecular formula is C24H33N5O. The standard InChI is InChI=1S/C24H33N5O/c1-15-7-8-16-11-21(30)18(12-20(16)25-15)19-9-10-22(27-26-19)29(6)17-13-23(2,3)28-24(4,5)14-17/h7-12,15,17,25,28,30H,13-14H2,1-6H3. The molecule has 2 aromatic rings. The van der Waals surface area contributed by atoms with Gasteiger partial charge >= 0.3 is 0 Å². The van der Waals surface area contributed by atoms with Gasteiger partial charge < -0.3 is 20.6 Å². The molecule has 0 aliphatic carbocycles. The topological polar surface area (TPSA) is 73.3 Å². The number of rotatable bonds is 3. The lowest BCUT2D eigenvalue weighted by atomic mass is 9.79. The molecule has 3 heterocycles. The highest BCUT2D eigenvalue weighted by Crippen LogP contribution is 2.37. The van der Waals surface area contributed by atoms with E-state index in [1.807, 2.05) is 24.3 Å². The van der Waals surface area contributed by atoms with Crippen LogP contribution in [0.5, 0.6) is 5.75 Å². The molecule has 1 atom stereocenters. The summed E-state index contributed by atoms with van der Waals surface area (Å²) in [4.78, 5) is 2.24. The van der Waals surface area contributed by atoms with Crippen LogP contribution < -0.4 is 15.5 Å². The fourth-order valence-electron chi connectivity index (χ4n) is 5.00. The van der Waals surface area contributed by atoms with Crippen molar-refractivity contribution in [3.8, 4) is 17.0 Å². The Bertz CT molecular complexity index is 948. The number of nitrogens with one attached hydrogen (secondary N) is 2. The van der Waals surface area contributed by atoms with Gasteiger partial charge in [-0.05, 0) is 71.7 Å². The van der Waals surface area contributed by atoms with Gasteiger partial charge in [0.25, 0.3) is 0 Å². The summed E-state index contributed by atoms with van der Waals surface area (Å²) in [5.74, 6) is 1.07. The van der Waals surface area contributed by atoms with E-state index in [1.165, 1.54) is 0 Å². The molecule has 1 saturated heterocycles. The van der Waals surface area contributed by atoms with Crippen molar-refractivity contribution >= 4 is 17.6 Å². The van der Waals surface area contributed by atoms with Crippen LogP contribution in [0.15, 0.2) is 30.3 Å². The summed E-state index contributed by atoms with van der Waals surface area (Å²) < 4.78 is 0. The average Bonchev–Trinajstić information content (AvgIpc) is 2.65. The maximum Gasteiger partial charge on any atom is 0.151 e. The highest BCUT2D eigenvalue weighted by molar-refractivity contribution is 5.80. The van der Waals surface area contributed by atoms with Gasteiger partial charge in [-0.25, -0.2) is 0 Å². The van der Waals surface area contributed by atoms with Crippen LogP contribution >= 0.6 is 0 Å². The average molecular weight is 408 g/mol. The Morgan fingerprint density at radius 2 is 1.77 bits per heavy atom. The van der Waals surface area contributed by atoms with Gasteiger partial charge in [0.15, 0.2) is 5.82 Å². The largest absolute Gasteiger partial charge is 0.507 e. The van der Waals surface area contributed by atoms with Crippen molar-refractivity contribution in [2.75, 3.05) is 17.3 Å². The third-order valence-corrected chi connectivity index (χ3v) is 6.12. The summed E-state index contributed by atoms with van der Waals surface area (Å²) >= 11 is 0. The molecule has 0 amide bonds. The quantitative estimate of drug-likeness (QED) is 0.654. The van der Waals surface area contributed by atoms with E-state index in [0.717, 1.165) is 29.9 Å². The van der Waals surface area contributed by atoms with Gasteiger partial charge in [-0.15, -0.1) is 10.2 Å². The number of benzene rings is 1. The molecular weight excluding hydrogens is 374 g/mol. The first-order valence-electron chi connectivity index (χ1n) is 10.7. The van der Waals surface area contributed by atoms with Crippen LogP contribution in [0.4, 0.5) is 11.5 Å². The van der Waals surface area contributed by atoms with Gasteiger partial charge in [0, 0.05) is 47.0 Å². The molecule has 0 radical (unpaired) electrons. The molecule has 4 rings (SSSR count). The molecule has 3 N–H and O–H groups in total. The van der Waals surface area contributed by atoms with Crippen molar-refractivity contribution < 1.29 is 5.11 Å². The number of nitrogens with zero attached hydrogens (tertiary/aromatic N) is 3. The van der Waals surface area contributed by atoms with Crippen LogP contribution in [0.25, 0.3) is 17.3 Å². The minimum atomic E-state index is 0.0710. The number of phenols is 1. The second kappa shape index (κ2) is 7.27. The molecule has 0 saturated carbocycles. The zero-order valence-corrected chi connectivity index (χ0v) is 18.8. The molecule has 2 aliphatic heterocycles. The normalized spacial score (nSPS) is 22.3. The van der Waals surface area contributed by atoms with Crippen LogP contribution in [-0.4, -0.2) is 45.5 Å². The first-order valence-corrected chi connectivity index (χ1v) is 10.7. The molecule has 1 unspecified atom stereocenters. The number of piperidine rings is 1. The van der Waals surface area contributed by atoms with E-state index in [0.29, 0.717) is 17.3 Å². The summed E-state index contributed by atoms with van der Waals surface area (Å²) in [6.07, 6.45) is 6.19. The lowest BCUT2D eigenvalue weighted by Crippen LogP contribution is -2.62. The van der Waals surface area contributed by atoms with E-state index in [9.17, 15) is 5.11 Å². The maximum atomic E-state index is 10.5. The van der Waals surface area contributed by atoms with Crippen LogP contribution in [0, 0.1) is 0 Å². The Balaban J connectivity index is 1.58. The predicted octanol–water partition coefficient (Wildman–Crippen LogP) is 4.42. The fraction of sp³-hybridized carbons (Fsp3) is 0.500. The zero-order valence-electron chi connectivity index (χ0n) is 18.8. The summed E-state index contributed by atoms with van der Waals surface area (Å²) in [7, 11) is 2.10. The van der Waals surface area contributed by atoms with Gasteiger partial charge in [-0.1, -0.05) is 12.2 Å². The van der Waals surface area contributed by atoms with Gasteiger partial charge in [-0.3, -0.25) is 0 Å². The van der Waals surface area contributed by atoms with Crippen molar-refractivity contribution in [1.29, 1.82) is 0 Å². The van der Waals surface area contributed by atoms with Gasteiger partial charge in [0.2, 0.25) is 0 Å². The smallest absolute Gasteiger partial charge is 0.151 e. The van der Waals surface area contributed by atoms with Gasteiger partial charge in [0.05, 0.1) is 5.69 Å². The molecule has 0 bridgehead atoms. The molecule has 6 nitrogen and oxygen atoms in total. The third kappa shape index (κ3) is 4.15. The summed E-state index contributed by atoms with van der Waals surface area (Å²) in [6.45, 7) is 11.1. The number of anilines is 2. The van der Waals surface area contributed by atoms with Crippen LogP contribution in [0.3, 0.4) is 0 Å². The molecule has 1 aromatic carbocycles. The number of aromatic nitrogens is 2. The Morgan fingerprint density at radius 3 is 2.40 bits per heavy atom. The van der Waals surface area contributed by atoms with Crippen molar-refractivity contribution in [2.45, 2.75) is 70.6 Å². The number of phenolic OH excluding ortho intramolecular Hbond substituents is 1. The summed E-state index contributed by atoms with van der Waals surface area (Å²) in [5, 5.41) is 26.7. The lowest BCUT2D eigenvalue weighted by Gasteiger charge is -2.49. The number of hydrogen-bond donors (Lipinski definition) is 3. The fourth-order valence-corrected chi connectivity index (χ4v) is 5.00. The molecule has 160 valence electrons. The van der Waals surface area contributed by atoms with Crippen molar-refractivity contribution in [3.05, 3.63) is 35.9 Å². The van der Waals surface area contributed by atoms with Gasteiger partial charge in [-0.2, -0.15) is 0 Å². The Hall–Kier alpha value is -2.60. The molecule has 2 aliphatic rings. The number of fused-ring (bicyclic) bond motifs is 1. The summed E-state index contributed by atoms with van der Waals surface area (Å²) in [5.41, 5.74) is 3.48. The number of hydrogen-bond acceptors (Lipinski definition) is 6. The van der Waals surface area contributed by atoms with E-state index < -0.39 is 0 Å². The van der Waals surface area contributed by atoms with Crippen molar-refractivity contribution in [2.24, 2.45) is 0 Å². The van der Waals surface area contributed by atoms with E-state index in [4.69, 9.17) is 0 Å². The molecule has 1 aromatic heterocycles. The van der Waals surface area contributed by atoms with Crippen molar-refractivity contribution in [1.82, 2.24) is 15.5 Å². The van der Waals surface area contributed by atoms with Crippen LogP contribution in [0.2, 0.25) is 0 Å². The van der Waals surface area contributed by atoms with Crippen LogP contribution in [-0.2, 0) is 0 Å². The van der Waals surface area contributed by atoms with E-state index in [2.05, 4.69) is 73.5 Å². The third-order valence-electron chi connectivity index (χ3n) is 6.12. The highest BCUT2D eigenvalue weighted by Gasteiger charge is 2.39. The van der Waals surface area contributed by atoms with E-state index in [1.54, 1.807) is 6.07 Å². The highest BCUT2D eigenvalue weighted by atomic mass is 16.3. The molecule has 6 heteroatoms. The summed E-state index contributed by atoms with van der Waals surface area (Å²) in [6, 6.07) is 8.32. The van der Waals surface area contributed by atoms with E-state index >= 15 is 0 Å². The second-order valence-electron chi connectivity index (χ2n) is 10.1. The van der Waals surface area contributed by atoms with Gasteiger partial charge in [0.1, 0.15) is 5.75 Å². The lowest BCUT2D eigenvalue weighted by molar-refractivity contribution is 0.160. The first-order chi connectivity index (χ1) is 14.0. The molecule has 0 spiro atoms. The van der Waals surface area contributed by atoms with E-state index in [-0.39, 0.29) is 22.9 Å². The predicted molar refractivity (Wildman–Crippen MR) is 124 cm³/mol. The number of aromatic hydroxyl groups is 1. The Labute approximate surface area is 179 Å². The second-order valence-corrected chi connectivity index (χ2v) is 10.1. The molecule has 1 fully saturated rings. The Morgan fingerprint density at radius 1 is 1.07 bits per heavy atom. The monoisotopic (exact) mass is 407 g/mol. The van der Waals surface area contributed by atoms with Crippen LogP contribution in [0.1, 0.15) is 53.0 Å². The SMILES string of the molecule is CC1C=Cc2cc(O)c(-c3ccc(N(C)C4CC(C)(C)NC(C)(C)C4)nn3)cc2N1. The minimum absolute atomic E-state index is 0.0710. The maximum absolute atomic E-state index is 10.5.